The van der Waals surface area contributed by atoms with Crippen LogP contribution in [0, 0.1) is 0 Å². The Morgan fingerprint density at radius 2 is 1.20 bits per heavy atom. The summed E-state index contributed by atoms with van der Waals surface area (Å²) in [5.74, 6) is 0.240. The number of benzene rings is 3. The Kier molecular flexibility index (Phi) is 3.97. The monoisotopic (exact) mass is 324 g/mol. The summed E-state index contributed by atoms with van der Waals surface area (Å²) < 4.78 is 0. The molecule has 1 heterocycles. The molecule has 0 bridgehead atoms. The maximum atomic E-state index is 12.8. The van der Waals surface area contributed by atoms with Crippen LogP contribution in [0.25, 0.3) is 22.5 Å². The van der Waals surface area contributed by atoms with Gasteiger partial charge in [-0.05, 0) is 0 Å². The summed E-state index contributed by atoms with van der Waals surface area (Å²) in [5, 5.41) is 0. The molecule has 0 aliphatic carbocycles. The summed E-state index contributed by atoms with van der Waals surface area (Å²) in [7, 11) is 0. The zero-order valence-corrected chi connectivity index (χ0v) is 13.5. The fraction of sp³-hybridized carbons (Fsp3) is 0. The molecule has 25 heavy (non-hydrogen) atoms. The molecule has 0 saturated carbocycles. The van der Waals surface area contributed by atoms with Gasteiger partial charge >= 0.3 is 0 Å². The van der Waals surface area contributed by atoms with Gasteiger partial charge in [-0.15, -0.1) is 0 Å². The van der Waals surface area contributed by atoms with Crippen molar-refractivity contribution < 1.29 is 4.79 Å². The topological polar surface area (TPSA) is 45.8 Å². The van der Waals surface area contributed by atoms with Crippen molar-refractivity contribution in [2.75, 3.05) is 0 Å². The molecule has 0 spiro atoms. The lowest BCUT2D eigenvalue weighted by Crippen LogP contribution is -2.03. The third-order valence-corrected chi connectivity index (χ3v) is 4.06. The average molecular weight is 324 g/mol. The Bertz CT molecular complexity index is 933. The number of aromatic amines is 1. The van der Waals surface area contributed by atoms with Crippen LogP contribution >= 0.6 is 0 Å². The lowest BCUT2D eigenvalue weighted by atomic mass is 10.1. The van der Waals surface area contributed by atoms with Crippen LogP contribution in [0.2, 0.25) is 0 Å². The highest BCUT2D eigenvalue weighted by atomic mass is 16.1. The molecule has 0 atom stereocenters. The zero-order chi connectivity index (χ0) is 17.1. The van der Waals surface area contributed by atoms with Crippen LogP contribution in [0.15, 0.2) is 91.0 Å². The molecule has 120 valence electrons. The van der Waals surface area contributed by atoms with Gasteiger partial charge in [0.15, 0.2) is 5.82 Å². The highest BCUT2D eigenvalue weighted by molar-refractivity contribution is 6.07. The van der Waals surface area contributed by atoms with E-state index in [4.69, 9.17) is 0 Å². The zero-order valence-electron chi connectivity index (χ0n) is 13.5. The minimum Gasteiger partial charge on any atom is -0.335 e. The minimum atomic E-state index is -0.111. The van der Waals surface area contributed by atoms with E-state index < -0.39 is 0 Å². The fourth-order valence-corrected chi connectivity index (χ4v) is 2.83. The van der Waals surface area contributed by atoms with Crippen LogP contribution in [0.3, 0.4) is 0 Å². The minimum absolute atomic E-state index is 0.111. The summed E-state index contributed by atoms with van der Waals surface area (Å²) in [5.41, 5.74) is 4.23. The number of aromatic nitrogens is 2. The molecule has 0 unspecified atom stereocenters. The van der Waals surface area contributed by atoms with Gasteiger partial charge in [0.05, 0.1) is 11.4 Å². The second-order valence-electron chi connectivity index (χ2n) is 5.74. The number of carbonyl (C=O) groups is 1. The van der Waals surface area contributed by atoms with Gasteiger partial charge in [0, 0.05) is 16.7 Å². The van der Waals surface area contributed by atoms with Crippen LogP contribution in [0.5, 0.6) is 0 Å². The molecule has 1 N–H and O–H groups in total. The van der Waals surface area contributed by atoms with Crippen molar-refractivity contribution in [3.05, 3.63) is 102 Å². The first-order valence-corrected chi connectivity index (χ1v) is 8.13. The number of hydrogen-bond donors (Lipinski definition) is 1. The number of nitrogens with zero attached hydrogens (tertiary/aromatic N) is 1. The van der Waals surface area contributed by atoms with Crippen molar-refractivity contribution in [2.45, 2.75) is 0 Å². The second kappa shape index (κ2) is 6.57. The average Bonchev–Trinajstić information content (AvgIpc) is 3.15. The molecule has 0 fully saturated rings. The maximum absolute atomic E-state index is 12.8. The van der Waals surface area contributed by atoms with Gasteiger partial charge in [0.1, 0.15) is 0 Å². The van der Waals surface area contributed by atoms with Crippen molar-refractivity contribution >= 4 is 5.78 Å². The molecular formula is C22H16N2O. The SMILES string of the molecule is O=C(c1ccccc1)c1nc(-c2ccccc2)c(-c2ccccc2)[nH]1. The van der Waals surface area contributed by atoms with Gasteiger partial charge in [-0.25, -0.2) is 4.98 Å². The number of nitrogens with one attached hydrogen (secondary N) is 1. The van der Waals surface area contributed by atoms with Crippen molar-refractivity contribution in [1.82, 2.24) is 9.97 Å². The first-order chi connectivity index (χ1) is 12.3. The molecule has 0 aliphatic rings. The molecule has 0 radical (unpaired) electrons. The Hall–Kier alpha value is -3.46. The predicted molar refractivity (Wildman–Crippen MR) is 99.3 cm³/mol. The van der Waals surface area contributed by atoms with E-state index >= 15 is 0 Å². The standard InChI is InChI=1S/C22H16N2O/c25-21(18-14-8-3-9-15-18)22-23-19(16-10-4-1-5-11-16)20(24-22)17-12-6-2-7-13-17/h1-15H,(H,23,24). The van der Waals surface area contributed by atoms with Gasteiger partial charge in [-0.3, -0.25) is 4.79 Å². The predicted octanol–water partition coefficient (Wildman–Crippen LogP) is 4.97. The number of carbonyl (C=O) groups excluding carboxylic acids is 1. The molecule has 3 aromatic carbocycles. The Balaban J connectivity index is 1.86. The van der Waals surface area contributed by atoms with Gasteiger partial charge in [0.25, 0.3) is 0 Å². The summed E-state index contributed by atoms with van der Waals surface area (Å²) in [4.78, 5) is 20.6. The number of ketones is 1. The van der Waals surface area contributed by atoms with Gasteiger partial charge in [-0.2, -0.15) is 0 Å². The third-order valence-electron chi connectivity index (χ3n) is 4.06. The van der Waals surface area contributed by atoms with Crippen LogP contribution in [-0.2, 0) is 0 Å². The van der Waals surface area contributed by atoms with Crippen molar-refractivity contribution in [2.24, 2.45) is 0 Å². The maximum Gasteiger partial charge on any atom is 0.228 e. The molecule has 0 amide bonds. The van der Waals surface area contributed by atoms with E-state index in [2.05, 4.69) is 9.97 Å². The first kappa shape index (κ1) is 15.1. The van der Waals surface area contributed by atoms with E-state index in [-0.39, 0.29) is 5.78 Å². The molecule has 3 heteroatoms. The summed E-state index contributed by atoms with van der Waals surface area (Å²) >= 11 is 0. The number of imidazole rings is 1. The van der Waals surface area contributed by atoms with Crippen molar-refractivity contribution in [3.63, 3.8) is 0 Å². The smallest absolute Gasteiger partial charge is 0.228 e. The molecule has 4 rings (SSSR count). The number of H-pyrrole nitrogens is 1. The lowest BCUT2D eigenvalue weighted by molar-refractivity contribution is 0.103. The van der Waals surface area contributed by atoms with Crippen LogP contribution in [-0.4, -0.2) is 15.8 Å². The summed E-state index contributed by atoms with van der Waals surface area (Å²) in [6, 6.07) is 29.0. The molecular weight excluding hydrogens is 308 g/mol. The van der Waals surface area contributed by atoms with E-state index in [1.807, 2.05) is 78.9 Å². The van der Waals surface area contributed by atoms with E-state index in [1.165, 1.54) is 0 Å². The largest absolute Gasteiger partial charge is 0.335 e. The fourth-order valence-electron chi connectivity index (χ4n) is 2.83. The van der Waals surface area contributed by atoms with Gasteiger partial charge in [-0.1, -0.05) is 91.0 Å². The molecule has 4 aromatic rings. The summed E-state index contributed by atoms with van der Waals surface area (Å²) in [6.07, 6.45) is 0. The van der Waals surface area contributed by atoms with E-state index in [9.17, 15) is 4.79 Å². The molecule has 3 nitrogen and oxygen atoms in total. The molecule has 1 aromatic heterocycles. The molecule has 0 aliphatic heterocycles. The quantitative estimate of drug-likeness (QED) is 0.538. The highest BCUT2D eigenvalue weighted by Gasteiger charge is 2.19. The van der Waals surface area contributed by atoms with E-state index in [0.29, 0.717) is 11.4 Å². The first-order valence-electron chi connectivity index (χ1n) is 8.13. The van der Waals surface area contributed by atoms with Crippen LogP contribution in [0.1, 0.15) is 16.2 Å². The Morgan fingerprint density at radius 1 is 0.680 bits per heavy atom. The highest BCUT2D eigenvalue weighted by Crippen LogP contribution is 2.30. The van der Waals surface area contributed by atoms with Gasteiger partial charge in [0.2, 0.25) is 5.78 Å². The van der Waals surface area contributed by atoms with Gasteiger partial charge < -0.3 is 4.98 Å². The molecule has 0 saturated heterocycles. The Morgan fingerprint density at radius 3 is 1.80 bits per heavy atom. The lowest BCUT2D eigenvalue weighted by Gasteiger charge is -2.02. The van der Waals surface area contributed by atoms with Crippen LogP contribution < -0.4 is 0 Å². The van der Waals surface area contributed by atoms with Crippen LogP contribution in [0.4, 0.5) is 0 Å². The number of hydrogen-bond acceptors (Lipinski definition) is 2. The van der Waals surface area contributed by atoms with Crippen molar-refractivity contribution in [3.8, 4) is 22.5 Å². The van der Waals surface area contributed by atoms with E-state index in [0.717, 1.165) is 22.5 Å². The van der Waals surface area contributed by atoms with E-state index in [1.54, 1.807) is 12.1 Å². The third kappa shape index (κ3) is 3.00. The second-order valence-corrected chi connectivity index (χ2v) is 5.74. The normalized spacial score (nSPS) is 10.6. The van der Waals surface area contributed by atoms with Crippen molar-refractivity contribution in [1.29, 1.82) is 0 Å². The Labute approximate surface area is 146 Å². The number of rotatable bonds is 4. The summed E-state index contributed by atoms with van der Waals surface area (Å²) in [6.45, 7) is 0.